The molecule has 5 rings (SSSR count). The number of anilines is 2. The number of non-ortho nitro benzene ring substituents is 1. The van der Waals surface area contributed by atoms with Crippen molar-refractivity contribution in [2.45, 2.75) is 19.0 Å². The Hall–Kier alpha value is -4.61. The van der Waals surface area contributed by atoms with Crippen LogP contribution in [0.4, 0.5) is 17.1 Å². The van der Waals surface area contributed by atoms with E-state index in [1.54, 1.807) is 18.3 Å². The van der Waals surface area contributed by atoms with Crippen LogP contribution in [-0.4, -0.2) is 34.6 Å². The summed E-state index contributed by atoms with van der Waals surface area (Å²) in [5, 5.41) is 17.8. The fourth-order valence-electron chi connectivity index (χ4n) is 4.59. The van der Waals surface area contributed by atoms with Gasteiger partial charge in [-0.2, -0.15) is 0 Å². The van der Waals surface area contributed by atoms with Crippen molar-refractivity contribution < 1.29 is 18.9 Å². The smallest absolute Gasteiger partial charge is 0.269 e. The number of nitro benzene ring substituents is 1. The second kappa shape index (κ2) is 11.0. The van der Waals surface area contributed by atoms with Crippen LogP contribution in [0.25, 0.3) is 11.3 Å². The van der Waals surface area contributed by atoms with Gasteiger partial charge >= 0.3 is 0 Å². The third-order valence-electron chi connectivity index (χ3n) is 6.42. The lowest BCUT2D eigenvalue weighted by atomic mass is 10.0. The molecule has 0 bridgehead atoms. The molecule has 1 saturated heterocycles. The van der Waals surface area contributed by atoms with Crippen molar-refractivity contribution >= 4 is 40.3 Å². The molecule has 1 aliphatic heterocycles. The number of hydrogen-bond acceptors (Lipinski definition) is 7. The van der Waals surface area contributed by atoms with E-state index in [9.17, 15) is 14.9 Å². The number of aromatic nitrogens is 1. The van der Waals surface area contributed by atoms with Gasteiger partial charge in [-0.1, -0.05) is 6.07 Å². The molecule has 2 atom stereocenters. The first-order valence-electron chi connectivity index (χ1n) is 12.1. The number of aryl methyl sites for hydroxylation is 1. The minimum atomic E-state index is -0.436. The van der Waals surface area contributed by atoms with Crippen LogP contribution in [-0.2, 0) is 9.53 Å². The third kappa shape index (κ3) is 5.35. The van der Waals surface area contributed by atoms with Crippen molar-refractivity contribution in [1.82, 2.24) is 10.3 Å². The number of carbonyl (C=O) groups is 1. The number of methoxy groups -OCH3 is 1. The molecule has 4 aromatic rings. The molecule has 2 aromatic heterocycles. The molecule has 11 heteroatoms. The highest BCUT2D eigenvalue weighted by Gasteiger charge is 2.42. The topological polar surface area (TPSA) is 123 Å². The number of benzene rings is 2. The van der Waals surface area contributed by atoms with Crippen molar-refractivity contribution in [3.8, 4) is 11.3 Å². The van der Waals surface area contributed by atoms with Crippen LogP contribution in [0.15, 0.2) is 83.4 Å². The zero-order valence-corrected chi connectivity index (χ0v) is 22.0. The van der Waals surface area contributed by atoms with E-state index in [1.165, 1.54) is 19.2 Å². The summed E-state index contributed by atoms with van der Waals surface area (Å²) in [6.07, 6.45) is 1.73. The van der Waals surface area contributed by atoms with Gasteiger partial charge in [-0.3, -0.25) is 19.9 Å². The summed E-state index contributed by atoms with van der Waals surface area (Å²) in [7, 11) is 1.47. The zero-order valence-electron chi connectivity index (χ0n) is 21.2. The highest BCUT2D eigenvalue weighted by atomic mass is 32.1. The molecule has 198 valence electrons. The number of pyridine rings is 1. The summed E-state index contributed by atoms with van der Waals surface area (Å²) >= 11 is 5.79. The summed E-state index contributed by atoms with van der Waals surface area (Å²) in [5.41, 5.74) is 3.86. The maximum absolute atomic E-state index is 12.0. The van der Waals surface area contributed by atoms with Gasteiger partial charge in [0.1, 0.15) is 24.2 Å². The average molecular weight is 544 g/mol. The highest BCUT2D eigenvalue weighted by Crippen LogP contribution is 2.43. The molecule has 1 amide bonds. The number of amides is 1. The van der Waals surface area contributed by atoms with E-state index < -0.39 is 4.92 Å². The fourth-order valence-corrected chi connectivity index (χ4v) is 4.94. The lowest BCUT2D eigenvalue weighted by molar-refractivity contribution is -0.384. The van der Waals surface area contributed by atoms with Gasteiger partial charge in [-0.25, -0.2) is 0 Å². The molecule has 2 N–H and O–H groups in total. The molecular formula is C28H25N5O5S. The van der Waals surface area contributed by atoms with Gasteiger partial charge in [0.05, 0.1) is 16.7 Å². The Morgan fingerprint density at radius 2 is 1.97 bits per heavy atom. The molecule has 0 aliphatic carbocycles. The molecular weight excluding hydrogens is 518 g/mol. The average Bonchev–Trinajstić information content (AvgIpc) is 3.55. The maximum atomic E-state index is 12.0. The molecule has 2 aromatic carbocycles. The van der Waals surface area contributed by atoms with Gasteiger partial charge < -0.3 is 24.7 Å². The second-order valence-electron chi connectivity index (χ2n) is 8.98. The molecule has 1 aliphatic rings. The van der Waals surface area contributed by atoms with Gasteiger partial charge in [0, 0.05) is 42.4 Å². The number of rotatable bonds is 8. The minimum Gasteiger partial charge on any atom is -0.459 e. The summed E-state index contributed by atoms with van der Waals surface area (Å²) in [6.45, 7) is 1.87. The second-order valence-corrected chi connectivity index (χ2v) is 9.37. The van der Waals surface area contributed by atoms with E-state index in [1.807, 2.05) is 60.4 Å². The molecule has 0 radical (unpaired) electrons. The largest absolute Gasteiger partial charge is 0.459 e. The summed E-state index contributed by atoms with van der Waals surface area (Å²) in [4.78, 5) is 29.2. The van der Waals surface area contributed by atoms with Crippen molar-refractivity contribution in [2.75, 3.05) is 23.9 Å². The molecule has 0 spiro atoms. The molecule has 1 fully saturated rings. The predicted molar refractivity (Wildman–Crippen MR) is 150 cm³/mol. The standard InChI is InChI=1S/C28H25N5O5S/c1-17-15-20(10-11-21(17)30-25(34)16-37-2)32-27(26(31-28(32)39)22-5-3-4-14-29-22)24-13-12-23(38-24)18-6-8-19(9-7-18)33(35)36/h3-15,26-27H,16H2,1-2H3,(H,30,34)(H,31,39)/t26-,27+/m1/s1. The Labute approximate surface area is 229 Å². The lowest BCUT2D eigenvalue weighted by Gasteiger charge is -2.26. The molecule has 0 unspecified atom stereocenters. The molecule has 0 saturated carbocycles. The third-order valence-corrected chi connectivity index (χ3v) is 6.73. The monoisotopic (exact) mass is 543 g/mol. The number of nitro groups is 1. The first-order valence-corrected chi connectivity index (χ1v) is 12.5. The predicted octanol–water partition coefficient (Wildman–Crippen LogP) is 5.32. The summed E-state index contributed by atoms with van der Waals surface area (Å²) in [5.74, 6) is 0.973. The summed E-state index contributed by atoms with van der Waals surface area (Å²) in [6, 6.07) is 20.6. The first kappa shape index (κ1) is 26.0. The zero-order chi connectivity index (χ0) is 27.5. The van der Waals surface area contributed by atoms with Crippen LogP contribution in [0, 0.1) is 17.0 Å². The van der Waals surface area contributed by atoms with Crippen molar-refractivity contribution in [3.05, 3.63) is 106 Å². The Morgan fingerprint density at radius 3 is 2.64 bits per heavy atom. The Balaban J connectivity index is 1.52. The van der Waals surface area contributed by atoms with Crippen LogP contribution < -0.4 is 15.5 Å². The first-order chi connectivity index (χ1) is 18.9. The number of hydrogen-bond donors (Lipinski definition) is 2. The van der Waals surface area contributed by atoms with Crippen molar-refractivity contribution in [1.29, 1.82) is 0 Å². The Morgan fingerprint density at radius 1 is 1.18 bits per heavy atom. The normalized spacial score (nSPS) is 16.7. The van der Waals surface area contributed by atoms with E-state index in [-0.39, 0.29) is 30.3 Å². The van der Waals surface area contributed by atoms with Gasteiger partial charge in [-0.15, -0.1) is 0 Å². The van der Waals surface area contributed by atoms with Gasteiger partial charge in [0.2, 0.25) is 5.91 Å². The van der Waals surface area contributed by atoms with E-state index in [2.05, 4.69) is 15.6 Å². The number of nitrogens with one attached hydrogen (secondary N) is 2. The van der Waals surface area contributed by atoms with Crippen LogP contribution in [0.1, 0.15) is 29.1 Å². The Kier molecular flexibility index (Phi) is 7.35. The quantitative estimate of drug-likeness (QED) is 0.173. The minimum absolute atomic E-state index is 0.00879. The van der Waals surface area contributed by atoms with Crippen LogP contribution >= 0.6 is 12.2 Å². The highest BCUT2D eigenvalue weighted by molar-refractivity contribution is 7.80. The fraction of sp³-hybridized carbons (Fsp3) is 0.179. The van der Waals surface area contributed by atoms with Crippen LogP contribution in [0.3, 0.4) is 0 Å². The van der Waals surface area contributed by atoms with E-state index in [0.29, 0.717) is 27.9 Å². The van der Waals surface area contributed by atoms with Crippen molar-refractivity contribution in [2.24, 2.45) is 0 Å². The van der Waals surface area contributed by atoms with Crippen LogP contribution in [0.5, 0.6) is 0 Å². The van der Waals surface area contributed by atoms with Gasteiger partial charge in [0.15, 0.2) is 5.11 Å². The van der Waals surface area contributed by atoms with E-state index in [4.69, 9.17) is 21.4 Å². The lowest BCUT2D eigenvalue weighted by Crippen LogP contribution is -2.29. The Bertz CT molecular complexity index is 1520. The van der Waals surface area contributed by atoms with E-state index in [0.717, 1.165) is 16.9 Å². The number of thiocarbonyl (C=S) groups is 1. The molecule has 39 heavy (non-hydrogen) atoms. The van der Waals surface area contributed by atoms with Gasteiger partial charge in [-0.05, 0) is 79.3 Å². The molecule has 3 heterocycles. The SMILES string of the molecule is COCC(=O)Nc1ccc(N2C(=S)N[C@H](c3ccccn3)[C@@H]2c2ccc(-c3ccc([N+](=O)[O-])cc3)o2)cc1C. The van der Waals surface area contributed by atoms with E-state index >= 15 is 0 Å². The number of nitrogens with zero attached hydrogens (tertiary/aromatic N) is 3. The number of carbonyl (C=O) groups excluding carboxylic acids is 1. The maximum Gasteiger partial charge on any atom is 0.269 e. The van der Waals surface area contributed by atoms with Crippen molar-refractivity contribution in [3.63, 3.8) is 0 Å². The van der Waals surface area contributed by atoms with Crippen LogP contribution in [0.2, 0.25) is 0 Å². The summed E-state index contributed by atoms with van der Waals surface area (Å²) < 4.78 is 11.2. The molecule has 10 nitrogen and oxygen atoms in total. The number of furan rings is 1. The number of ether oxygens (including phenoxy) is 1. The van der Waals surface area contributed by atoms with Gasteiger partial charge in [0.25, 0.3) is 5.69 Å².